The van der Waals surface area contributed by atoms with Crippen LogP contribution in [0.1, 0.15) is 33.6 Å². The molecule has 1 fully saturated rings. The number of carbonyl (C=O) groups is 2. The predicted molar refractivity (Wildman–Crippen MR) is 99.9 cm³/mol. The number of benzene rings is 1. The molecule has 0 spiro atoms. The Balaban J connectivity index is 1.78. The topological polar surface area (TPSA) is 70.7 Å². The lowest BCUT2D eigenvalue weighted by Gasteiger charge is -2.19. The highest BCUT2D eigenvalue weighted by atomic mass is 16.6. The maximum absolute atomic E-state index is 12.0. The number of nitrogens with zero attached hydrogens (tertiary/aromatic N) is 1. The summed E-state index contributed by atoms with van der Waals surface area (Å²) in [6, 6.07) is 7.85. The van der Waals surface area contributed by atoms with Crippen molar-refractivity contribution >= 4 is 23.4 Å². The van der Waals surface area contributed by atoms with Gasteiger partial charge in [-0.2, -0.15) is 0 Å². The van der Waals surface area contributed by atoms with Crippen LogP contribution in [0.15, 0.2) is 36.4 Å². The zero-order valence-corrected chi connectivity index (χ0v) is 15.2. The van der Waals surface area contributed by atoms with Crippen LogP contribution in [0.4, 0.5) is 16.2 Å². The lowest BCUT2D eigenvalue weighted by molar-refractivity contribution is -0.111. The fourth-order valence-corrected chi connectivity index (χ4v) is 2.56. The average molecular weight is 345 g/mol. The fraction of sp³-hybridized carbons (Fsp3) is 0.474. The summed E-state index contributed by atoms with van der Waals surface area (Å²) in [6.07, 6.45) is 4.91. The molecule has 0 unspecified atom stereocenters. The van der Waals surface area contributed by atoms with Gasteiger partial charge in [0.15, 0.2) is 0 Å². The Morgan fingerprint density at radius 3 is 2.64 bits per heavy atom. The smallest absolute Gasteiger partial charge is 0.407 e. The van der Waals surface area contributed by atoms with Crippen LogP contribution in [0.3, 0.4) is 0 Å². The van der Waals surface area contributed by atoms with Gasteiger partial charge in [0.25, 0.3) is 0 Å². The van der Waals surface area contributed by atoms with E-state index < -0.39 is 11.7 Å². The number of carbonyl (C=O) groups excluding carboxylic acids is 2. The van der Waals surface area contributed by atoms with Gasteiger partial charge in [-0.25, -0.2) is 4.79 Å². The first kappa shape index (κ1) is 18.8. The molecular formula is C19H27N3O3. The van der Waals surface area contributed by atoms with Crippen LogP contribution in [-0.2, 0) is 9.53 Å². The number of hydrogen-bond acceptors (Lipinski definition) is 4. The standard InChI is InChI=1S/C19H27N3O3/c1-19(2,3)25-18(24)20-11-7-10-17(23)21-15-8-6-9-16(14-15)22-12-4-5-13-22/h6-10,14H,4-5,11-13H2,1-3H3,(H,20,24)(H,21,23). The first-order chi connectivity index (χ1) is 11.8. The monoisotopic (exact) mass is 345 g/mol. The zero-order valence-electron chi connectivity index (χ0n) is 15.2. The van der Waals surface area contributed by atoms with Crippen LogP contribution in [0.5, 0.6) is 0 Å². The summed E-state index contributed by atoms with van der Waals surface area (Å²) in [5, 5.41) is 5.41. The molecule has 0 aromatic heterocycles. The highest BCUT2D eigenvalue weighted by Crippen LogP contribution is 2.23. The maximum Gasteiger partial charge on any atom is 0.407 e. The molecule has 2 rings (SSSR count). The predicted octanol–water partition coefficient (Wildman–Crippen LogP) is 3.31. The van der Waals surface area contributed by atoms with Gasteiger partial charge in [-0.15, -0.1) is 0 Å². The number of rotatable bonds is 5. The average Bonchev–Trinajstić information content (AvgIpc) is 3.04. The molecule has 0 aliphatic carbocycles. The van der Waals surface area contributed by atoms with E-state index in [0.717, 1.165) is 24.5 Å². The van der Waals surface area contributed by atoms with E-state index >= 15 is 0 Å². The van der Waals surface area contributed by atoms with E-state index in [9.17, 15) is 9.59 Å². The van der Waals surface area contributed by atoms with Crippen molar-refractivity contribution in [2.45, 2.75) is 39.2 Å². The Morgan fingerprint density at radius 1 is 1.24 bits per heavy atom. The SMILES string of the molecule is CC(C)(C)OC(=O)NCC=CC(=O)Nc1cccc(N2CCCC2)c1. The third-order valence-corrected chi connectivity index (χ3v) is 3.62. The Bertz CT molecular complexity index is 629. The Labute approximate surface area is 149 Å². The second-order valence-electron chi connectivity index (χ2n) is 7.02. The van der Waals surface area contributed by atoms with Crippen LogP contribution in [0, 0.1) is 0 Å². The summed E-state index contributed by atoms with van der Waals surface area (Å²) in [5.74, 6) is -0.232. The van der Waals surface area contributed by atoms with Crippen molar-refractivity contribution < 1.29 is 14.3 Å². The molecule has 6 heteroatoms. The molecule has 1 aliphatic heterocycles. The van der Waals surface area contributed by atoms with E-state index in [-0.39, 0.29) is 12.5 Å². The van der Waals surface area contributed by atoms with E-state index in [1.807, 2.05) is 18.2 Å². The third kappa shape index (κ3) is 6.87. The Kier molecular flexibility index (Phi) is 6.44. The molecule has 1 aliphatic rings. The molecule has 6 nitrogen and oxygen atoms in total. The number of alkyl carbamates (subject to hydrolysis) is 1. The molecule has 2 amide bonds. The van der Waals surface area contributed by atoms with Crippen molar-refractivity contribution in [2.24, 2.45) is 0 Å². The molecule has 0 atom stereocenters. The summed E-state index contributed by atoms with van der Waals surface area (Å²) in [4.78, 5) is 25.8. The zero-order chi connectivity index (χ0) is 18.3. The minimum atomic E-state index is -0.536. The molecule has 0 saturated carbocycles. The molecule has 0 bridgehead atoms. The van der Waals surface area contributed by atoms with Gasteiger partial charge in [0.1, 0.15) is 5.60 Å². The number of amides is 2. The minimum absolute atomic E-state index is 0.232. The first-order valence-electron chi connectivity index (χ1n) is 8.63. The van der Waals surface area contributed by atoms with Crippen molar-refractivity contribution in [1.29, 1.82) is 0 Å². The molecule has 1 aromatic rings. The summed E-state index contributed by atoms with van der Waals surface area (Å²) >= 11 is 0. The van der Waals surface area contributed by atoms with Gasteiger partial charge in [-0.05, 0) is 51.8 Å². The van der Waals surface area contributed by atoms with E-state index in [1.54, 1.807) is 26.8 Å². The second-order valence-corrected chi connectivity index (χ2v) is 7.02. The Morgan fingerprint density at radius 2 is 1.96 bits per heavy atom. The molecule has 25 heavy (non-hydrogen) atoms. The molecule has 0 radical (unpaired) electrons. The van der Waals surface area contributed by atoms with Crippen molar-refractivity contribution in [3.05, 3.63) is 36.4 Å². The van der Waals surface area contributed by atoms with Crippen molar-refractivity contribution in [2.75, 3.05) is 29.9 Å². The molecule has 1 aromatic carbocycles. The third-order valence-electron chi connectivity index (χ3n) is 3.62. The second kappa shape index (κ2) is 8.55. The maximum atomic E-state index is 12.0. The molecule has 136 valence electrons. The fourth-order valence-electron chi connectivity index (χ4n) is 2.56. The van der Waals surface area contributed by atoms with Gasteiger partial charge in [-0.1, -0.05) is 12.1 Å². The van der Waals surface area contributed by atoms with E-state index in [0.29, 0.717) is 0 Å². The lowest BCUT2D eigenvalue weighted by Crippen LogP contribution is -2.32. The Hall–Kier alpha value is -2.50. The summed E-state index contributed by atoms with van der Waals surface area (Å²) < 4.78 is 5.11. The van der Waals surface area contributed by atoms with Crippen molar-refractivity contribution in [1.82, 2.24) is 5.32 Å². The van der Waals surface area contributed by atoms with Crippen molar-refractivity contribution in [3.63, 3.8) is 0 Å². The van der Waals surface area contributed by atoms with Gasteiger partial charge in [0.2, 0.25) is 5.91 Å². The van der Waals surface area contributed by atoms with Gasteiger partial charge < -0.3 is 20.3 Å². The molecule has 2 N–H and O–H groups in total. The summed E-state index contributed by atoms with van der Waals surface area (Å²) in [5.41, 5.74) is 1.36. The number of ether oxygens (including phenoxy) is 1. The van der Waals surface area contributed by atoms with E-state index in [1.165, 1.54) is 18.9 Å². The number of anilines is 2. The van der Waals surface area contributed by atoms with Crippen LogP contribution >= 0.6 is 0 Å². The first-order valence-corrected chi connectivity index (χ1v) is 8.63. The van der Waals surface area contributed by atoms with Gasteiger partial charge in [0, 0.05) is 37.1 Å². The summed E-state index contributed by atoms with van der Waals surface area (Å²) in [7, 11) is 0. The summed E-state index contributed by atoms with van der Waals surface area (Å²) in [6.45, 7) is 7.75. The van der Waals surface area contributed by atoms with E-state index in [2.05, 4.69) is 21.6 Å². The molecular weight excluding hydrogens is 318 g/mol. The lowest BCUT2D eigenvalue weighted by atomic mass is 10.2. The molecule has 1 heterocycles. The number of hydrogen-bond donors (Lipinski definition) is 2. The molecule has 1 saturated heterocycles. The van der Waals surface area contributed by atoms with Gasteiger partial charge in [0.05, 0.1) is 0 Å². The van der Waals surface area contributed by atoms with Crippen LogP contribution in [0.2, 0.25) is 0 Å². The normalized spacial score (nSPS) is 14.6. The quantitative estimate of drug-likeness (QED) is 0.803. The van der Waals surface area contributed by atoms with Gasteiger partial charge >= 0.3 is 6.09 Å². The van der Waals surface area contributed by atoms with Crippen LogP contribution in [0.25, 0.3) is 0 Å². The van der Waals surface area contributed by atoms with Crippen LogP contribution in [-0.4, -0.2) is 37.2 Å². The van der Waals surface area contributed by atoms with Crippen molar-refractivity contribution in [3.8, 4) is 0 Å². The largest absolute Gasteiger partial charge is 0.444 e. The highest BCUT2D eigenvalue weighted by molar-refractivity contribution is 5.99. The highest BCUT2D eigenvalue weighted by Gasteiger charge is 2.15. The minimum Gasteiger partial charge on any atom is -0.444 e. The van der Waals surface area contributed by atoms with Crippen LogP contribution < -0.4 is 15.5 Å². The van der Waals surface area contributed by atoms with E-state index in [4.69, 9.17) is 4.74 Å². The van der Waals surface area contributed by atoms with Gasteiger partial charge in [-0.3, -0.25) is 4.79 Å². The number of nitrogens with one attached hydrogen (secondary N) is 2.